The van der Waals surface area contributed by atoms with Crippen molar-refractivity contribution in [3.63, 3.8) is 0 Å². The van der Waals surface area contributed by atoms with Crippen molar-refractivity contribution in [3.8, 4) is 0 Å². The molecule has 2 atom stereocenters. The number of likely N-dealkylation sites (N-methyl/N-ethyl adjacent to an activating group) is 1. The van der Waals surface area contributed by atoms with Crippen LogP contribution in [0.5, 0.6) is 0 Å². The van der Waals surface area contributed by atoms with Crippen molar-refractivity contribution in [2.45, 2.75) is 65.5 Å². The van der Waals surface area contributed by atoms with E-state index in [4.69, 9.17) is 0 Å². The molecule has 1 saturated heterocycles. The zero-order valence-corrected chi connectivity index (χ0v) is 14.2. The molecule has 1 aliphatic rings. The molecule has 0 amide bonds. The Bertz CT molecular complexity index is 373. The smallest absolute Gasteiger partial charge is 0.282 e. The lowest BCUT2D eigenvalue weighted by Gasteiger charge is -2.39. The maximum atomic E-state index is 12.9. The minimum Gasteiger partial charge on any atom is -0.315 e. The Morgan fingerprint density at radius 2 is 2.00 bits per heavy atom. The van der Waals surface area contributed by atoms with Gasteiger partial charge in [0.25, 0.3) is 10.2 Å². The van der Waals surface area contributed by atoms with E-state index < -0.39 is 10.2 Å². The molecule has 1 aliphatic heterocycles. The molecule has 1 rings (SSSR count). The highest BCUT2D eigenvalue weighted by Crippen LogP contribution is 2.24. The maximum Gasteiger partial charge on any atom is 0.282 e. The third-order valence-electron chi connectivity index (χ3n) is 4.19. The minimum absolute atomic E-state index is 0.0618. The fourth-order valence-corrected chi connectivity index (χ4v) is 4.95. The van der Waals surface area contributed by atoms with Crippen LogP contribution in [0.1, 0.15) is 53.4 Å². The molecule has 0 aromatic heterocycles. The first-order chi connectivity index (χ1) is 9.48. The number of piperidine rings is 1. The lowest BCUT2D eigenvalue weighted by molar-refractivity contribution is 0.217. The largest absolute Gasteiger partial charge is 0.315 e. The van der Waals surface area contributed by atoms with Gasteiger partial charge in [0, 0.05) is 31.7 Å². The first-order valence-corrected chi connectivity index (χ1v) is 9.37. The van der Waals surface area contributed by atoms with Gasteiger partial charge in [-0.25, -0.2) is 0 Å². The molecule has 0 aromatic rings. The minimum atomic E-state index is -3.34. The van der Waals surface area contributed by atoms with Crippen LogP contribution in [0.25, 0.3) is 0 Å². The zero-order chi connectivity index (χ0) is 15.2. The highest BCUT2D eigenvalue weighted by atomic mass is 32.2. The van der Waals surface area contributed by atoms with Gasteiger partial charge in [0.05, 0.1) is 0 Å². The van der Waals surface area contributed by atoms with Gasteiger partial charge in [0.2, 0.25) is 0 Å². The molecule has 0 saturated carbocycles. The summed E-state index contributed by atoms with van der Waals surface area (Å²) in [5.74, 6) is 0. The Morgan fingerprint density at radius 1 is 1.30 bits per heavy atom. The summed E-state index contributed by atoms with van der Waals surface area (Å²) in [6.45, 7) is 10.8. The van der Waals surface area contributed by atoms with Crippen molar-refractivity contribution in [1.29, 1.82) is 0 Å². The molecule has 5 nitrogen and oxygen atoms in total. The molecule has 1 heterocycles. The third kappa shape index (κ3) is 4.16. The molecule has 6 heteroatoms. The van der Waals surface area contributed by atoms with Crippen LogP contribution in [0.15, 0.2) is 0 Å². The van der Waals surface area contributed by atoms with Crippen LogP contribution in [-0.4, -0.2) is 55.3 Å². The van der Waals surface area contributed by atoms with Crippen LogP contribution in [0.4, 0.5) is 0 Å². The van der Waals surface area contributed by atoms with Gasteiger partial charge in [-0.3, -0.25) is 0 Å². The second-order valence-electron chi connectivity index (χ2n) is 5.54. The predicted octanol–water partition coefficient (Wildman–Crippen LogP) is 1.82. The average molecular weight is 305 g/mol. The van der Waals surface area contributed by atoms with Crippen LogP contribution < -0.4 is 5.32 Å². The van der Waals surface area contributed by atoms with Crippen molar-refractivity contribution in [3.05, 3.63) is 0 Å². The molecule has 1 fully saturated rings. The monoisotopic (exact) mass is 305 g/mol. The summed E-state index contributed by atoms with van der Waals surface area (Å²) in [6.07, 6.45) is 3.90. The second kappa shape index (κ2) is 8.32. The van der Waals surface area contributed by atoms with E-state index in [-0.39, 0.29) is 12.1 Å². The molecule has 0 radical (unpaired) electrons. The van der Waals surface area contributed by atoms with Crippen LogP contribution in [0.2, 0.25) is 0 Å². The molecule has 0 spiro atoms. The number of nitrogens with one attached hydrogen (secondary N) is 1. The SMILES string of the molecule is CCNCC1CCCCN1S(=O)(=O)N(CC)C(C)CC. The highest BCUT2D eigenvalue weighted by molar-refractivity contribution is 7.86. The Kier molecular flexibility index (Phi) is 7.43. The fraction of sp³-hybridized carbons (Fsp3) is 1.00. The molecule has 0 aromatic carbocycles. The Morgan fingerprint density at radius 3 is 2.55 bits per heavy atom. The molecule has 0 aliphatic carbocycles. The van der Waals surface area contributed by atoms with Crippen LogP contribution in [0.3, 0.4) is 0 Å². The Hall–Kier alpha value is -0.170. The van der Waals surface area contributed by atoms with Crippen molar-refractivity contribution in [2.24, 2.45) is 0 Å². The van der Waals surface area contributed by atoms with Gasteiger partial charge in [-0.05, 0) is 32.7 Å². The van der Waals surface area contributed by atoms with Gasteiger partial charge in [0.1, 0.15) is 0 Å². The van der Waals surface area contributed by atoms with E-state index in [1.807, 2.05) is 20.8 Å². The lowest BCUT2D eigenvalue weighted by atomic mass is 10.1. The van der Waals surface area contributed by atoms with Crippen molar-refractivity contribution >= 4 is 10.2 Å². The van der Waals surface area contributed by atoms with E-state index in [1.165, 1.54) is 0 Å². The van der Waals surface area contributed by atoms with Crippen LogP contribution in [-0.2, 0) is 10.2 Å². The summed E-state index contributed by atoms with van der Waals surface area (Å²) < 4.78 is 29.2. The van der Waals surface area contributed by atoms with E-state index in [2.05, 4.69) is 12.2 Å². The average Bonchev–Trinajstić information content (AvgIpc) is 2.45. The van der Waals surface area contributed by atoms with Gasteiger partial charge in [-0.15, -0.1) is 0 Å². The van der Waals surface area contributed by atoms with Gasteiger partial charge in [-0.2, -0.15) is 17.0 Å². The van der Waals surface area contributed by atoms with E-state index in [1.54, 1.807) is 8.61 Å². The van der Waals surface area contributed by atoms with Crippen molar-refractivity contribution in [1.82, 2.24) is 13.9 Å². The summed E-state index contributed by atoms with van der Waals surface area (Å²) in [6, 6.07) is 0.165. The molecular weight excluding hydrogens is 274 g/mol. The van der Waals surface area contributed by atoms with Crippen LogP contribution >= 0.6 is 0 Å². The summed E-state index contributed by atoms with van der Waals surface area (Å²) in [5.41, 5.74) is 0. The van der Waals surface area contributed by atoms with Gasteiger partial charge in [0.15, 0.2) is 0 Å². The van der Waals surface area contributed by atoms with Gasteiger partial charge < -0.3 is 5.32 Å². The fourth-order valence-electron chi connectivity index (χ4n) is 2.83. The molecular formula is C14H31N3O2S. The summed E-state index contributed by atoms with van der Waals surface area (Å²) in [4.78, 5) is 0. The van der Waals surface area contributed by atoms with E-state index >= 15 is 0 Å². The number of nitrogens with zero attached hydrogens (tertiary/aromatic N) is 2. The molecule has 20 heavy (non-hydrogen) atoms. The predicted molar refractivity (Wildman–Crippen MR) is 83.9 cm³/mol. The third-order valence-corrected chi connectivity index (χ3v) is 6.47. The standard InChI is InChI=1S/C14H31N3O2S/c1-5-13(4)16(7-3)20(18,19)17-11-9-8-10-14(17)12-15-6-2/h13-15H,5-12H2,1-4H3. The number of hydrogen-bond acceptors (Lipinski definition) is 3. The maximum absolute atomic E-state index is 12.9. The van der Waals surface area contributed by atoms with Crippen molar-refractivity contribution in [2.75, 3.05) is 26.2 Å². The van der Waals surface area contributed by atoms with Crippen molar-refractivity contribution < 1.29 is 8.42 Å². The number of hydrogen-bond donors (Lipinski definition) is 1. The second-order valence-corrected chi connectivity index (χ2v) is 7.37. The van der Waals surface area contributed by atoms with E-state index in [0.29, 0.717) is 13.1 Å². The molecule has 120 valence electrons. The Labute approximate surface area is 124 Å². The normalized spacial score (nSPS) is 23.1. The van der Waals surface area contributed by atoms with Gasteiger partial charge in [-0.1, -0.05) is 27.2 Å². The molecule has 0 bridgehead atoms. The van der Waals surface area contributed by atoms with E-state index in [0.717, 1.165) is 38.8 Å². The first kappa shape index (κ1) is 17.9. The highest BCUT2D eigenvalue weighted by Gasteiger charge is 2.37. The summed E-state index contributed by atoms with van der Waals surface area (Å²) in [7, 11) is -3.34. The number of rotatable bonds is 8. The zero-order valence-electron chi connectivity index (χ0n) is 13.4. The first-order valence-electron chi connectivity index (χ1n) is 7.98. The molecule has 1 N–H and O–H groups in total. The van der Waals surface area contributed by atoms with Crippen LogP contribution in [0, 0.1) is 0 Å². The lowest BCUT2D eigenvalue weighted by Crippen LogP contribution is -2.55. The van der Waals surface area contributed by atoms with E-state index in [9.17, 15) is 8.42 Å². The molecule has 2 unspecified atom stereocenters. The summed E-state index contributed by atoms with van der Waals surface area (Å²) >= 11 is 0. The van der Waals surface area contributed by atoms with Gasteiger partial charge >= 0.3 is 0 Å². The topological polar surface area (TPSA) is 52.7 Å². The quantitative estimate of drug-likeness (QED) is 0.744. The Balaban J connectivity index is 2.90. The summed E-state index contributed by atoms with van der Waals surface area (Å²) in [5, 5.41) is 3.30.